The third-order valence-electron chi connectivity index (χ3n) is 4.50. The topological polar surface area (TPSA) is 117 Å². The minimum Gasteiger partial charge on any atom is -0.319 e. The molecule has 0 fully saturated rings. The van der Waals surface area contributed by atoms with Crippen molar-refractivity contribution in [2.24, 2.45) is 0 Å². The first kappa shape index (κ1) is 24.6. The molecule has 0 atom stereocenters. The van der Waals surface area contributed by atoms with Gasteiger partial charge in [0.05, 0.1) is 51.7 Å². The summed E-state index contributed by atoms with van der Waals surface area (Å²) < 4.78 is 1.95. The molecule has 35 heavy (non-hydrogen) atoms. The first-order chi connectivity index (χ1) is 16.9. The zero-order valence-electron chi connectivity index (χ0n) is 17.7. The van der Waals surface area contributed by atoms with E-state index in [1.165, 1.54) is 18.6 Å². The molecule has 0 amide bonds. The van der Waals surface area contributed by atoms with Gasteiger partial charge in [0.15, 0.2) is 0 Å². The van der Waals surface area contributed by atoms with E-state index in [-0.39, 0.29) is 11.1 Å². The summed E-state index contributed by atoms with van der Waals surface area (Å²) in [5.41, 5.74) is 4.44. The van der Waals surface area contributed by atoms with Crippen LogP contribution in [0.5, 0.6) is 0 Å². The molecule has 3 aromatic heterocycles. The number of nitrogens with one attached hydrogen (secondary N) is 2. The molecule has 0 saturated carbocycles. The van der Waals surface area contributed by atoms with Crippen LogP contribution in [-0.4, -0.2) is 29.9 Å². The van der Waals surface area contributed by atoms with Crippen molar-refractivity contribution in [1.29, 1.82) is 0 Å². The number of nitrogens with zero attached hydrogens (tertiary/aromatic N) is 4. The number of fused-ring (bicyclic) bond motifs is 3. The van der Waals surface area contributed by atoms with Crippen LogP contribution in [0.1, 0.15) is 0 Å². The van der Waals surface area contributed by atoms with Crippen molar-refractivity contribution in [3.05, 3.63) is 114 Å². The SMILES string of the molecule is Clc1cnc2cc(Br)ccc2n1.O=c1cnc2cc(Br)ccc2[nH]1.O=c1cnc2ccccc2[nH]1. The fourth-order valence-electron chi connectivity index (χ4n) is 2.96. The summed E-state index contributed by atoms with van der Waals surface area (Å²) in [5, 5.41) is 0.421. The smallest absolute Gasteiger partial charge is 0.266 e. The quantitative estimate of drug-likeness (QED) is 0.228. The van der Waals surface area contributed by atoms with Crippen LogP contribution < -0.4 is 11.1 Å². The summed E-state index contributed by atoms with van der Waals surface area (Å²) in [5.74, 6) is 0. The maximum absolute atomic E-state index is 10.8. The van der Waals surface area contributed by atoms with Gasteiger partial charge in [-0.3, -0.25) is 14.6 Å². The van der Waals surface area contributed by atoms with Gasteiger partial charge in [-0.25, -0.2) is 15.0 Å². The molecule has 0 unspecified atom stereocenters. The number of rotatable bonds is 0. The third kappa shape index (κ3) is 6.78. The number of para-hydroxylation sites is 2. The minimum absolute atomic E-state index is 0.163. The fourth-order valence-corrected chi connectivity index (χ4v) is 3.79. The highest BCUT2D eigenvalue weighted by Gasteiger charge is 1.97. The van der Waals surface area contributed by atoms with Crippen LogP contribution in [0.2, 0.25) is 5.15 Å². The van der Waals surface area contributed by atoms with E-state index >= 15 is 0 Å². The summed E-state index contributed by atoms with van der Waals surface area (Å²) in [7, 11) is 0. The van der Waals surface area contributed by atoms with Gasteiger partial charge in [0.1, 0.15) is 5.15 Å². The molecule has 6 rings (SSSR count). The average Bonchev–Trinajstić information content (AvgIpc) is 2.85. The van der Waals surface area contributed by atoms with E-state index in [9.17, 15) is 9.59 Å². The normalized spacial score (nSPS) is 10.4. The van der Waals surface area contributed by atoms with Crippen LogP contribution >= 0.6 is 43.5 Å². The van der Waals surface area contributed by atoms with Crippen molar-refractivity contribution in [1.82, 2.24) is 29.9 Å². The molecule has 11 heteroatoms. The molecule has 2 N–H and O–H groups in total. The highest BCUT2D eigenvalue weighted by atomic mass is 79.9. The zero-order valence-corrected chi connectivity index (χ0v) is 21.7. The van der Waals surface area contributed by atoms with Crippen molar-refractivity contribution in [2.75, 3.05) is 0 Å². The third-order valence-corrected chi connectivity index (χ3v) is 5.66. The summed E-state index contributed by atoms with van der Waals surface area (Å²) in [6.45, 7) is 0. The molecule has 0 aliphatic rings. The van der Waals surface area contributed by atoms with Gasteiger partial charge in [0.25, 0.3) is 11.1 Å². The van der Waals surface area contributed by atoms with Gasteiger partial charge in [-0.1, -0.05) is 55.6 Å². The van der Waals surface area contributed by atoms with Crippen LogP contribution in [0.3, 0.4) is 0 Å². The lowest BCUT2D eigenvalue weighted by Gasteiger charge is -1.96. The second-order valence-corrected chi connectivity index (χ2v) is 9.22. The molecule has 0 bridgehead atoms. The van der Waals surface area contributed by atoms with Gasteiger partial charge in [0, 0.05) is 8.95 Å². The Morgan fingerprint density at radius 1 is 0.629 bits per heavy atom. The van der Waals surface area contributed by atoms with E-state index in [0.717, 1.165) is 42.0 Å². The van der Waals surface area contributed by atoms with Crippen LogP contribution in [0.4, 0.5) is 0 Å². The Morgan fingerprint density at radius 2 is 1.20 bits per heavy atom. The summed E-state index contributed by atoms with van der Waals surface area (Å²) in [6, 6.07) is 18.6. The molecule has 3 aromatic carbocycles. The fraction of sp³-hybridized carbons (Fsp3) is 0. The van der Waals surface area contributed by atoms with E-state index in [1.54, 1.807) is 0 Å². The van der Waals surface area contributed by atoms with E-state index in [0.29, 0.717) is 5.15 Å². The molecule has 0 radical (unpaired) electrons. The van der Waals surface area contributed by atoms with Crippen molar-refractivity contribution >= 4 is 76.6 Å². The van der Waals surface area contributed by atoms with Crippen molar-refractivity contribution in [2.45, 2.75) is 0 Å². The number of aromatic amines is 2. The van der Waals surface area contributed by atoms with Gasteiger partial charge >= 0.3 is 0 Å². The summed E-state index contributed by atoms with van der Waals surface area (Å²) >= 11 is 12.3. The van der Waals surface area contributed by atoms with Crippen molar-refractivity contribution < 1.29 is 0 Å². The Bertz CT molecular complexity index is 1720. The second-order valence-electron chi connectivity index (χ2n) is 7.00. The number of hydrogen-bond donors (Lipinski definition) is 2. The molecule has 8 nitrogen and oxygen atoms in total. The Hall–Kier alpha value is -3.47. The van der Waals surface area contributed by atoms with Crippen LogP contribution in [-0.2, 0) is 0 Å². The molecule has 3 heterocycles. The Morgan fingerprint density at radius 3 is 1.94 bits per heavy atom. The first-order valence-corrected chi connectivity index (χ1v) is 12.0. The number of hydrogen-bond acceptors (Lipinski definition) is 6. The predicted molar refractivity (Wildman–Crippen MR) is 145 cm³/mol. The lowest BCUT2D eigenvalue weighted by atomic mass is 10.3. The molecular formula is C24H15Br2ClN6O2. The minimum atomic E-state index is -0.176. The Kier molecular flexibility index (Phi) is 7.96. The molecule has 0 saturated heterocycles. The van der Waals surface area contributed by atoms with Gasteiger partial charge in [-0.05, 0) is 48.5 Å². The summed E-state index contributed by atoms with van der Waals surface area (Å²) in [6.07, 6.45) is 4.09. The van der Waals surface area contributed by atoms with Crippen LogP contribution in [0.25, 0.3) is 33.1 Å². The highest BCUT2D eigenvalue weighted by Crippen LogP contribution is 2.17. The molecule has 6 aromatic rings. The lowest BCUT2D eigenvalue weighted by molar-refractivity contribution is 1.22. The number of benzene rings is 3. The number of H-pyrrole nitrogens is 2. The molecule has 0 aliphatic heterocycles. The Balaban J connectivity index is 0.000000124. The molecule has 174 valence electrons. The Labute approximate surface area is 219 Å². The van der Waals surface area contributed by atoms with Gasteiger partial charge in [-0.15, -0.1) is 0 Å². The number of aromatic nitrogens is 6. The van der Waals surface area contributed by atoms with Crippen molar-refractivity contribution in [3.63, 3.8) is 0 Å². The zero-order chi connectivity index (χ0) is 24.8. The molecule has 0 spiro atoms. The lowest BCUT2D eigenvalue weighted by Crippen LogP contribution is -2.04. The average molecular weight is 615 g/mol. The van der Waals surface area contributed by atoms with E-state index < -0.39 is 0 Å². The largest absolute Gasteiger partial charge is 0.319 e. The summed E-state index contributed by atoms with van der Waals surface area (Å²) in [4.78, 5) is 43.1. The van der Waals surface area contributed by atoms with E-state index in [1.807, 2.05) is 60.7 Å². The van der Waals surface area contributed by atoms with Crippen LogP contribution in [0.15, 0.2) is 97.8 Å². The monoisotopic (exact) mass is 612 g/mol. The second kappa shape index (κ2) is 11.3. The highest BCUT2D eigenvalue weighted by molar-refractivity contribution is 9.10. The predicted octanol–water partition coefficient (Wildman–Crippen LogP) is 5.65. The first-order valence-electron chi connectivity index (χ1n) is 10.0. The number of halogens is 3. The van der Waals surface area contributed by atoms with Gasteiger partial charge < -0.3 is 9.97 Å². The van der Waals surface area contributed by atoms with Crippen molar-refractivity contribution in [3.8, 4) is 0 Å². The molecular weight excluding hydrogens is 600 g/mol. The van der Waals surface area contributed by atoms with E-state index in [4.69, 9.17) is 11.6 Å². The van der Waals surface area contributed by atoms with Crippen LogP contribution in [0, 0.1) is 0 Å². The standard InChI is InChI=1S/C8H4BrClN2.C8H5BrN2O.C8H6N2O/c9-5-1-2-6-7(3-5)11-4-8(10)12-6;9-5-1-2-6-7(3-5)10-4-8(12)11-6;11-8-5-9-6-3-1-2-4-7(6)10-8/h1-4H;1-4H,(H,11,12);1-5H,(H,10,11). The van der Waals surface area contributed by atoms with Gasteiger partial charge in [0.2, 0.25) is 0 Å². The van der Waals surface area contributed by atoms with Gasteiger partial charge in [-0.2, -0.15) is 0 Å². The van der Waals surface area contributed by atoms with E-state index in [2.05, 4.69) is 61.8 Å². The molecule has 0 aliphatic carbocycles. The maximum atomic E-state index is 10.8. The maximum Gasteiger partial charge on any atom is 0.266 e.